The molecule has 0 N–H and O–H groups in total. The maximum Gasteiger partial charge on any atom is 0.201 e. The Hall–Kier alpha value is -1.90. The van der Waals surface area contributed by atoms with Gasteiger partial charge in [0.25, 0.3) is 0 Å². The molecule has 0 aliphatic rings. The molecule has 0 aliphatic carbocycles. The van der Waals surface area contributed by atoms with Crippen LogP contribution >= 0.6 is 0 Å². The van der Waals surface area contributed by atoms with Crippen LogP contribution in [0.25, 0.3) is 11.1 Å². The van der Waals surface area contributed by atoms with Crippen LogP contribution in [-0.4, -0.2) is 7.11 Å². The van der Waals surface area contributed by atoms with Crippen molar-refractivity contribution in [1.82, 2.24) is 0 Å². The van der Waals surface area contributed by atoms with E-state index in [9.17, 15) is 8.78 Å². The molecule has 0 unspecified atom stereocenters. The molecule has 2 aromatic rings. The van der Waals surface area contributed by atoms with Gasteiger partial charge >= 0.3 is 0 Å². The van der Waals surface area contributed by atoms with Crippen molar-refractivity contribution in [2.75, 3.05) is 7.11 Å². The average molecular weight is 248 g/mol. The van der Waals surface area contributed by atoms with Crippen LogP contribution in [0.4, 0.5) is 8.78 Å². The number of benzene rings is 2. The second-order valence-corrected chi connectivity index (χ2v) is 3.99. The van der Waals surface area contributed by atoms with E-state index in [1.807, 2.05) is 19.1 Å². The van der Waals surface area contributed by atoms with Crippen LogP contribution in [0.2, 0.25) is 0 Å². The summed E-state index contributed by atoms with van der Waals surface area (Å²) >= 11 is 0. The van der Waals surface area contributed by atoms with Gasteiger partial charge in [0, 0.05) is 5.56 Å². The molecule has 2 rings (SSSR count). The summed E-state index contributed by atoms with van der Waals surface area (Å²) in [5.41, 5.74) is 2.07. The third-order valence-electron chi connectivity index (χ3n) is 2.94. The number of hydrogen-bond acceptors (Lipinski definition) is 1. The lowest BCUT2D eigenvalue weighted by Gasteiger charge is -2.08. The van der Waals surface area contributed by atoms with Gasteiger partial charge in [-0.1, -0.05) is 31.2 Å². The van der Waals surface area contributed by atoms with Crippen molar-refractivity contribution >= 4 is 0 Å². The average Bonchev–Trinajstić information content (AvgIpc) is 2.42. The van der Waals surface area contributed by atoms with Crippen molar-refractivity contribution in [3.8, 4) is 16.9 Å². The summed E-state index contributed by atoms with van der Waals surface area (Å²) in [7, 11) is 1.31. The Labute approximate surface area is 105 Å². The minimum atomic E-state index is -0.949. The summed E-state index contributed by atoms with van der Waals surface area (Å²) < 4.78 is 32.2. The zero-order valence-electron chi connectivity index (χ0n) is 10.3. The molecule has 0 fully saturated rings. The Balaban J connectivity index is 2.47. The minimum absolute atomic E-state index is 0.0820. The van der Waals surface area contributed by atoms with Crippen molar-refractivity contribution in [1.29, 1.82) is 0 Å². The highest BCUT2D eigenvalue weighted by molar-refractivity contribution is 5.65. The standard InChI is InChI=1S/C15H14F2O/c1-3-10-4-6-11(7-5-10)12-8-9-13(18-2)15(17)14(12)16/h4-9H,3H2,1-2H3. The molecule has 0 heterocycles. The molecule has 0 amide bonds. The van der Waals surface area contributed by atoms with E-state index in [2.05, 4.69) is 0 Å². The fourth-order valence-electron chi connectivity index (χ4n) is 1.83. The molecule has 1 nitrogen and oxygen atoms in total. The Morgan fingerprint density at radius 3 is 2.17 bits per heavy atom. The van der Waals surface area contributed by atoms with Gasteiger partial charge in [-0.15, -0.1) is 0 Å². The molecule has 94 valence electrons. The first-order valence-corrected chi connectivity index (χ1v) is 5.78. The quantitative estimate of drug-likeness (QED) is 0.790. The summed E-state index contributed by atoms with van der Waals surface area (Å²) in [6, 6.07) is 10.4. The van der Waals surface area contributed by atoms with Crippen LogP contribution in [0.5, 0.6) is 5.75 Å². The monoisotopic (exact) mass is 248 g/mol. The van der Waals surface area contributed by atoms with Gasteiger partial charge in [0.1, 0.15) is 0 Å². The van der Waals surface area contributed by atoms with E-state index in [1.165, 1.54) is 19.2 Å². The number of aryl methyl sites for hydroxylation is 1. The van der Waals surface area contributed by atoms with Gasteiger partial charge < -0.3 is 4.74 Å². The first kappa shape index (κ1) is 12.6. The highest BCUT2D eigenvalue weighted by atomic mass is 19.2. The zero-order chi connectivity index (χ0) is 13.1. The van der Waals surface area contributed by atoms with Crippen LogP contribution in [0.15, 0.2) is 36.4 Å². The minimum Gasteiger partial charge on any atom is -0.494 e. The molecule has 0 radical (unpaired) electrons. The SMILES string of the molecule is CCc1ccc(-c2ccc(OC)c(F)c2F)cc1. The second kappa shape index (κ2) is 5.17. The summed E-state index contributed by atoms with van der Waals surface area (Å²) in [4.78, 5) is 0. The summed E-state index contributed by atoms with van der Waals surface area (Å²) in [6.07, 6.45) is 0.916. The lowest BCUT2D eigenvalue weighted by Crippen LogP contribution is -1.95. The van der Waals surface area contributed by atoms with Gasteiger partial charge in [-0.3, -0.25) is 0 Å². The number of ether oxygens (including phenoxy) is 1. The summed E-state index contributed by atoms with van der Waals surface area (Å²) in [6.45, 7) is 2.04. The first-order chi connectivity index (χ1) is 8.67. The predicted molar refractivity (Wildman–Crippen MR) is 67.7 cm³/mol. The maximum absolute atomic E-state index is 13.9. The van der Waals surface area contributed by atoms with Gasteiger partial charge in [0.15, 0.2) is 11.6 Å². The zero-order valence-corrected chi connectivity index (χ0v) is 10.3. The molecule has 0 saturated heterocycles. The molecule has 3 heteroatoms. The fraction of sp³-hybridized carbons (Fsp3) is 0.200. The molecule has 0 aliphatic heterocycles. The second-order valence-electron chi connectivity index (χ2n) is 3.99. The van der Waals surface area contributed by atoms with E-state index < -0.39 is 11.6 Å². The van der Waals surface area contributed by atoms with Crippen molar-refractivity contribution in [2.45, 2.75) is 13.3 Å². The Kier molecular flexibility index (Phi) is 3.60. The van der Waals surface area contributed by atoms with E-state index in [0.717, 1.165) is 12.0 Å². The van der Waals surface area contributed by atoms with Gasteiger partial charge in [0.05, 0.1) is 7.11 Å². The van der Waals surface area contributed by atoms with Crippen LogP contribution < -0.4 is 4.74 Å². The van der Waals surface area contributed by atoms with Crippen LogP contribution in [0.1, 0.15) is 12.5 Å². The number of hydrogen-bond donors (Lipinski definition) is 0. The van der Waals surface area contributed by atoms with Crippen LogP contribution in [0.3, 0.4) is 0 Å². The third kappa shape index (κ3) is 2.21. The van der Waals surface area contributed by atoms with Gasteiger partial charge in [-0.25, -0.2) is 4.39 Å². The predicted octanol–water partition coefficient (Wildman–Crippen LogP) is 4.20. The number of halogens is 2. The molecular weight excluding hydrogens is 234 g/mol. The molecule has 18 heavy (non-hydrogen) atoms. The smallest absolute Gasteiger partial charge is 0.201 e. The van der Waals surface area contributed by atoms with E-state index in [1.54, 1.807) is 12.1 Å². The normalized spacial score (nSPS) is 10.4. The highest BCUT2D eigenvalue weighted by Crippen LogP contribution is 2.29. The number of methoxy groups -OCH3 is 1. The molecule has 0 spiro atoms. The van der Waals surface area contributed by atoms with Crippen LogP contribution in [-0.2, 0) is 6.42 Å². The molecule has 2 aromatic carbocycles. The van der Waals surface area contributed by atoms with Crippen molar-refractivity contribution < 1.29 is 13.5 Å². The van der Waals surface area contributed by atoms with Crippen molar-refractivity contribution in [3.05, 3.63) is 53.6 Å². The van der Waals surface area contributed by atoms with E-state index in [0.29, 0.717) is 5.56 Å². The lowest BCUT2D eigenvalue weighted by molar-refractivity contribution is 0.372. The largest absolute Gasteiger partial charge is 0.494 e. The van der Waals surface area contributed by atoms with Crippen molar-refractivity contribution in [3.63, 3.8) is 0 Å². The molecule has 0 bridgehead atoms. The van der Waals surface area contributed by atoms with Crippen molar-refractivity contribution in [2.24, 2.45) is 0 Å². The fourth-order valence-corrected chi connectivity index (χ4v) is 1.83. The third-order valence-corrected chi connectivity index (χ3v) is 2.94. The summed E-state index contributed by atoms with van der Waals surface area (Å²) in [5, 5.41) is 0. The Morgan fingerprint density at radius 2 is 1.61 bits per heavy atom. The maximum atomic E-state index is 13.9. The van der Waals surface area contributed by atoms with Gasteiger partial charge in [-0.2, -0.15) is 4.39 Å². The topological polar surface area (TPSA) is 9.23 Å². The van der Waals surface area contributed by atoms with Gasteiger partial charge in [0.2, 0.25) is 5.82 Å². The molecule has 0 aromatic heterocycles. The summed E-state index contributed by atoms with van der Waals surface area (Å²) in [5.74, 6) is -1.91. The molecule has 0 saturated carbocycles. The van der Waals surface area contributed by atoms with Crippen LogP contribution in [0, 0.1) is 11.6 Å². The Morgan fingerprint density at radius 1 is 0.944 bits per heavy atom. The lowest BCUT2D eigenvalue weighted by atomic mass is 10.0. The molecular formula is C15H14F2O. The first-order valence-electron chi connectivity index (χ1n) is 5.78. The number of rotatable bonds is 3. The Bertz CT molecular complexity index is 547. The molecule has 0 atom stereocenters. The van der Waals surface area contributed by atoms with E-state index in [4.69, 9.17) is 4.74 Å². The van der Waals surface area contributed by atoms with E-state index >= 15 is 0 Å². The van der Waals surface area contributed by atoms with Gasteiger partial charge in [-0.05, 0) is 29.7 Å². The highest BCUT2D eigenvalue weighted by Gasteiger charge is 2.14. The van der Waals surface area contributed by atoms with E-state index in [-0.39, 0.29) is 11.3 Å².